The fraction of sp³-hybridized carbons (Fsp3) is 0.462. The molecule has 104 valence electrons. The number of nitriles is 1. The number of unbranched alkanes of at least 4 members (excludes halogenated alkanes) is 3. The van der Waals surface area contributed by atoms with Crippen LogP contribution in [-0.2, 0) is 10.0 Å². The zero-order valence-electron chi connectivity index (χ0n) is 10.7. The first-order valence-electron chi connectivity index (χ1n) is 6.15. The Kier molecular flexibility index (Phi) is 6.33. The van der Waals surface area contributed by atoms with E-state index in [1.165, 1.54) is 0 Å². The molecule has 0 aromatic heterocycles. The maximum atomic E-state index is 10.7. The third-order valence-electron chi connectivity index (χ3n) is 2.58. The van der Waals surface area contributed by atoms with E-state index < -0.39 is 10.0 Å². The molecule has 0 heterocycles. The van der Waals surface area contributed by atoms with Crippen molar-refractivity contribution in [2.45, 2.75) is 25.7 Å². The number of ether oxygens (including phenoxy) is 1. The Bertz CT molecular complexity index is 518. The van der Waals surface area contributed by atoms with E-state index in [2.05, 4.69) is 0 Å². The number of sulfonamides is 1. The van der Waals surface area contributed by atoms with Crippen LogP contribution < -0.4 is 9.88 Å². The summed E-state index contributed by atoms with van der Waals surface area (Å²) in [7, 11) is -3.32. The van der Waals surface area contributed by atoms with E-state index in [4.69, 9.17) is 15.1 Å². The second-order valence-corrected chi connectivity index (χ2v) is 6.00. The molecular formula is C13H18N2O3S. The Hall–Kier alpha value is -1.58. The first-order chi connectivity index (χ1) is 9.01. The Balaban J connectivity index is 2.09. The monoisotopic (exact) mass is 282 g/mol. The molecule has 0 atom stereocenters. The Morgan fingerprint density at radius 2 is 1.74 bits per heavy atom. The van der Waals surface area contributed by atoms with Gasteiger partial charge in [0.2, 0.25) is 10.0 Å². The van der Waals surface area contributed by atoms with Crippen molar-refractivity contribution >= 4 is 10.0 Å². The number of rotatable bonds is 8. The highest BCUT2D eigenvalue weighted by atomic mass is 32.2. The molecular weight excluding hydrogens is 264 g/mol. The zero-order valence-corrected chi connectivity index (χ0v) is 11.5. The van der Waals surface area contributed by atoms with Gasteiger partial charge in [0.25, 0.3) is 0 Å². The molecule has 0 aliphatic rings. The molecule has 0 aliphatic carbocycles. The summed E-state index contributed by atoms with van der Waals surface area (Å²) in [6.45, 7) is 0.585. The summed E-state index contributed by atoms with van der Waals surface area (Å²) in [5.41, 5.74) is 0.607. The molecule has 0 saturated heterocycles. The predicted molar refractivity (Wildman–Crippen MR) is 73.1 cm³/mol. The fourth-order valence-electron chi connectivity index (χ4n) is 1.57. The normalized spacial score (nSPS) is 10.9. The lowest BCUT2D eigenvalue weighted by Crippen LogP contribution is -2.16. The average Bonchev–Trinajstić information content (AvgIpc) is 2.37. The van der Waals surface area contributed by atoms with Crippen LogP contribution in [0.2, 0.25) is 0 Å². The Morgan fingerprint density at radius 1 is 1.11 bits per heavy atom. The summed E-state index contributed by atoms with van der Waals surface area (Å²) in [6.07, 6.45) is 3.19. The molecule has 19 heavy (non-hydrogen) atoms. The van der Waals surface area contributed by atoms with Gasteiger partial charge in [0, 0.05) is 0 Å². The number of nitrogens with two attached hydrogens (primary N) is 1. The van der Waals surface area contributed by atoms with Gasteiger partial charge in [-0.05, 0) is 37.1 Å². The van der Waals surface area contributed by atoms with Gasteiger partial charge in [0.15, 0.2) is 0 Å². The van der Waals surface area contributed by atoms with Gasteiger partial charge in [-0.25, -0.2) is 13.6 Å². The lowest BCUT2D eigenvalue weighted by Gasteiger charge is -2.05. The van der Waals surface area contributed by atoms with Gasteiger partial charge in [-0.1, -0.05) is 12.8 Å². The van der Waals surface area contributed by atoms with Gasteiger partial charge >= 0.3 is 0 Å². The first kappa shape index (κ1) is 15.5. The van der Waals surface area contributed by atoms with Crippen LogP contribution in [-0.4, -0.2) is 20.8 Å². The largest absolute Gasteiger partial charge is 0.494 e. The molecule has 2 N–H and O–H groups in total. The van der Waals surface area contributed by atoms with Crippen LogP contribution in [0.15, 0.2) is 24.3 Å². The number of nitrogens with zero attached hydrogens (tertiary/aromatic N) is 1. The van der Waals surface area contributed by atoms with E-state index in [0.717, 1.165) is 25.0 Å². The molecule has 6 heteroatoms. The van der Waals surface area contributed by atoms with Crippen LogP contribution in [0, 0.1) is 11.3 Å². The van der Waals surface area contributed by atoms with Crippen molar-refractivity contribution in [3.05, 3.63) is 29.8 Å². The molecule has 0 radical (unpaired) electrons. The second kappa shape index (κ2) is 7.77. The number of benzene rings is 1. The van der Waals surface area contributed by atoms with Gasteiger partial charge in [0.05, 0.1) is 24.0 Å². The Labute approximate surface area is 114 Å². The smallest absolute Gasteiger partial charge is 0.209 e. The summed E-state index contributed by atoms with van der Waals surface area (Å²) in [5.74, 6) is 0.785. The van der Waals surface area contributed by atoms with Crippen LogP contribution >= 0.6 is 0 Å². The van der Waals surface area contributed by atoms with E-state index in [-0.39, 0.29) is 5.75 Å². The van der Waals surface area contributed by atoms with Gasteiger partial charge in [-0.3, -0.25) is 0 Å². The van der Waals surface area contributed by atoms with Crippen molar-refractivity contribution in [3.8, 4) is 11.8 Å². The van der Waals surface area contributed by atoms with Crippen molar-refractivity contribution in [3.63, 3.8) is 0 Å². The molecule has 0 fully saturated rings. The van der Waals surface area contributed by atoms with Crippen LogP contribution in [0.25, 0.3) is 0 Å². The number of hydrogen-bond acceptors (Lipinski definition) is 4. The quantitative estimate of drug-likeness (QED) is 0.735. The lowest BCUT2D eigenvalue weighted by molar-refractivity contribution is 0.305. The molecule has 0 unspecified atom stereocenters. The highest BCUT2D eigenvalue weighted by molar-refractivity contribution is 7.89. The number of hydrogen-bond donors (Lipinski definition) is 1. The molecule has 0 saturated carbocycles. The van der Waals surface area contributed by atoms with Gasteiger partial charge in [0.1, 0.15) is 5.75 Å². The molecule has 0 amide bonds. The van der Waals surface area contributed by atoms with E-state index in [1.54, 1.807) is 24.3 Å². The van der Waals surface area contributed by atoms with Crippen molar-refractivity contribution in [2.24, 2.45) is 5.14 Å². The third-order valence-corrected chi connectivity index (χ3v) is 3.43. The summed E-state index contributed by atoms with van der Waals surface area (Å²) in [6, 6.07) is 8.99. The summed E-state index contributed by atoms with van der Waals surface area (Å²) >= 11 is 0. The molecule has 1 rings (SSSR count). The lowest BCUT2D eigenvalue weighted by atomic mass is 10.2. The van der Waals surface area contributed by atoms with Crippen molar-refractivity contribution in [1.82, 2.24) is 0 Å². The topological polar surface area (TPSA) is 93.2 Å². The van der Waals surface area contributed by atoms with E-state index in [9.17, 15) is 8.42 Å². The van der Waals surface area contributed by atoms with E-state index in [0.29, 0.717) is 18.6 Å². The standard InChI is InChI=1S/C13H18N2O3S/c14-11-12-5-7-13(8-6-12)18-9-3-1-2-4-10-19(15,16)17/h5-8H,1-4,9-10H2,(H2,15,16,17). The third kappa shape index (κ3) is 7.44. The summed E-state index contributed by atoms with van der Waals surface area (Å²) < 4.78 is 26.9. The van der Waals surface area contributed by atoms with Crippen LogP contribution in [0.3, 0.4) is 0 Å². The SMILES string of the molecule is N#Cc1ccc(OCCCCCCS(N)(=O)=O)cc1. The predicted octanol–water partition coefficient (Wildman–Crippen LogP) is 1.79. The van der Waals surface area contributed by atoms with Crippen molar-refractivity contribution in [2.75, 3.05) is 12.4 Å². The van der Waals surface area contributed by atoms with Crippen LogP contribution in [0.1, 0.15) is 31.2 Å². The van der Waals surface area contributed by atoms with E-state index in [1.807, 2.05) is 6.07 Å². The maximum absolute atomic E-state index is 10.7. The molecule has 1 aromatic rings. The van der Waals surface area contributed by atoms with Gasteiger partial charge in [-0.2, -0.15) is 5.26 Å². The number of primary sulfonamides is 1. The van der Waals surface area contributed by atoms with Crippen molar-refractivity contribution in [1.29, 1.82) is 5.26 Å². The second-order valence-electron chi connectivity index (χ2n) is 4.27. The highest BCUT2D eigenvalue weighted by Crippen LogP contribution is 2.12. The van der Waals surface area contributed by atoms with E-state index >= 15 is 0 Å². The Morgan fingerprint density at radius 3 is 2.32 bits per heavy atom. The molecule has 0 spiro atoms. The van der Waals surface area contributed by atoms with Crippen molar-refractivity contribution < 1.29 is 13.2 Å². The minimum absolute atomic E-state index is 0.0451. The fourth-order valence-corrected chi connectivity index (χ4v) is 2.18. The van der Waals surface area contributed by atoms with Crippen LogP contribution in [0.5, 0.6) is 5.75 Å². The van der Waals surface area contributed by atoms with Gasteiger partial charge in [-0.15, -0.1) is 0 Å². The summed E-state index contributed by atoms with van der Waals surface area (Å²) in [4.78, 5) is 0. The van der Waals surface area contributed by atoms with Crippen LogP contribution in [0.4, 0.5) is 0 Å². The first-order valence-corrected chi connectivity index (χ1v) is 7.86. The highest BCUT2D eigenvalue weighted by Gasteiger charge is 2.01. The minimum Gasteiger partial charge on any atom is -0.494 e. The minimum atomic E-state index is -3.32. The average molecular weight is 282 g/mol. The molecule has 0 bridgehead atoms. The maximum Gasteiger partial charge on any atom is 0.209 e. The molecule has 1 aromatic carbocycles. The molecule has 5 nitrogen and oxygen atoms in total. The zero-order chi connectivity index (χ0) is 14.1. The molecule has 0 aliphatic heterocycles. The van der Waals surface area contributed by atoms with Gasteiger partial charge < -0.3 is 4.74 Å². The summed E-state index contributed by atoms with van der Waals surface area (Å²) in [5, 5.41) is 13.5.